The Labute approximate surface area is 155 Å². The van der Waals surface area contributed by atoms with E-state index in [9.17, 15) is 9.90 Å². The summed E-state index contributed by atoms with van der Waals surface area (Å²) >= 11 is 0. The first kappa shape index (κ1) is 18.0. The molecule has 0 radical (unpaired) electrons. The molecule has 0 bridgehead atoms. The number of carboxylic acid groups (broad SMARTS) is 1. The summed E-state index contributed by atoms with van der Waals surface area (Å²) in [6.45, 7) is 4.39. The fraction of sp³-hybridized carbons (Fsp3) is 0.810. The van der Waals surface area contributed by atoms with Crippen molar-refractivity contribution in [2.24, 2.45) is 33.7 Å². The van der Waals surface area contributed by atoms with E-state index in [1.807, 2.05) is 0 Å². The molecule has 3 fully saturated rings. The molecule has 6 atom stereocenters. The first-order valence-electron chi connectivity index (χ1n) is 10.1. The summed E-state index contributed by atoms with van der Waals surface area (Å²) in [6.07, 6.45) is 10.6. The Morgan fingerprint density at radius 1 is 1.23 bits per heavy atom. The zero-order valence-corrected chi connectivity index (χ0v) is 15.9. The lowest BCUT2D eigenvalue weighted by Crippen LogP contribution is -2.50. The molecule has 3 saturated carbocycles. The van der Waals surface area contributed by atoms with Crippen LogP contribution in [0.3, 0.4) is 0 Å². The van der Waals surface area contributed by atoms with Crippen molar-refractivity contribution in [3.8, 4) is 0 Å². The van der Waals surface area contributed by atoms with Crippen molar-refractivity contribution in [1.29, 1.82) is 0 Å². The molecular weight excluding hydrogens is 330 g/mol. The predicted molar refractivity (Wildman–Crippen MR) is 98.7 cm³/mol. The minimum absolute atomic E-state index is 0.0511. The van der Waals surface area contributed by atoms with Crippen LogP contribution in [0.15, 0.2) is 16.8 Å². The second-order valence-corrected chi connectivity index (χ2v) is 9.36. The Morgan fingerprint density at radius 3 is 2.73 bits per heavy atom. The highest BCUT2D eigenvalue weighted by atomic mass is 16.6. The van der Waals surface area contributed by atoms with E-state index < -0.39 is 5.97 Å². The minimum Gasteiger partial charge on any atom is -0.479 e. The number of nitrogens with zero attached hydrogens (tertiary/aromatic N) is 1. The maximum absolute atomic E-state index is 10.7. The number of aliphatic hydroxyl groups excluding tert-OH is 1. The van der Waals surface area contributed by atoms with Gasteiger partial charge < -0.3 is 15.1 Å². The summed E-state index contributed by atoms with van der Waals surface area (Å²) in [5.41, 5.74) is 2.87. The molecule has 0 amide bonds. The van der Waals surface area contributed by atoms with E-state index in [0.717, 1.165) is 50.7 Å². The average Bonchev–Trinajstić information content (AvgIpc) is 2.92. The Morgan fingerprint density at radius 2 is 1.96 bits per heavy atom. The first-order valence-corrected chi connectivity index (χ1v) is 10.1. The third-order valence-corrected chi connectivity index (χ3v) is 8.18. The smallest absolute Gasteiger partial charge is 0.344 e. The lowest BCUT2D eigenvalue weighted by molar-refractivity contribution is -0.142. The van der Waals surface area contributed by atoms with E-state index in [1.54, 1.807) is 0 Å². The molecule has 4 aliphatic rings. The summed E-state index contributed by atoms with van der Waals surface area (Å²) in [4.78, 5) is 15.8. The monoisotopic (exact) mass is 361 g/mol. The van der Waals surface area contributed by atoms with E-state index in [4.69, 9.17) is 9.94 Å². The SMILES string of the molecule is C[C@]12CC[C@H](O)CC1=CC[C@@H]1[C@@H]2CC[C@]2(C)/C(=N/OCC(=O)O)CC[C@@H]12. The van der Waals surface area contributed by atoms with Gasteiger partial charge in [-0.05, 0) is 74.5 Å². The normalized spacial score (nSPS) is 46.1. The number of allylic oxidation sites excluding steroid dienone is 1. The topological polar surface area (TPSA) is 79.1 Å². The Kier molecular flexibility index (Phi) is 4.41. The van der Waals surface area contributed by atoms with Crippen LogP contribution in [0, 0.1) is 28.6 Å². The number of oxime groups is 1. The van der Waals surface area contributed by atoms with Crippen LogP contribution >= 0.6 is 0 Å². The zero-order valence-electron chi connectivity index (χ0n) is 15.9. The van der Waals surface area contributed by atoms with Crippen molar-refractivity contribution in [2.45, 2.75) is 71.3 Å². The van der Waals surface area contributed by atoms with Crippen LogP contribution in [0.5, 0.6) is 0 Å². The maximum Gasteiger partial charge on any atom is 0.344 e. The van der Waals surface area contributed by atoms with E-state index in [0.29, 0.717) is 17.8 Å². The van der Waals surface area contributed by atoms with Gasteiger partial charge in [-0.3, -0.25) is 0 Å². The molecule has 5 nitrogen and oxygen atoms in total. The second kappa shape index (κ2) is 6.36. The largest absolute Gasteiger partial charge is 0.479 e. The number of fused-ring (bicyclic) bond motifs is 5. The van der Waals surface area contributed by atoms with E-state index in [2.05, 4.69) is 25.1 Å². The van der Waals surface area contributed by atoms with E-state index in [1.165, 1.54) is 12.0 Å². The standard InChI is InChI=1S/C21H31NO4/c1-20-9-7-14(23)11-13(20)3-4-15-16-5-6-18(22-26-12-19(24)25)21(16,2)10-8-17(15)20/h3,14-17,23H,4-12H2,1-2H3,(H,24,25)/b22-18+/t14-,15-,16-,17-,20-,21-/m0/s1. The number of hydrogen-bond acceptors (Lipinski definition) is 4. The number of aliphatic carboxylic acids is 1. The molecule has 0 spiro atoms. The van der Waals surface area contributed by atoms with Crippen LogP contribution in [0.2, 0.25) is 0 Å². The fourth-order valence-corrected chi connectivity index (χ4v) is 6.75. The van der Waals surface area contributed by atoms with Crippen LogP contribution < -0.4 is 0 Å². The summed E-state index contributed by atoms with van der Waals surface area (Å²) in [5.74, 6) is 1.00. The van der Waals surface area contributed by atoms with Gasteiger partial charge in [0, 0.05) is 5.41 Å². The van der Waals surface area contributed by atoms with Crippen LogP contribution in [0.1, 0.15) is 65.2 Å². The van der Waals surface area contributed by atoms with Gasteiger partial charge in [-0.15, -0.1) is 0 Å². The molecule has 0 aliphatic heterocycles. The number of aliphatic hydroxyl groups is 1. The maximum atomic E-state index is 10.7. The molecule has 0 unspecified atom stereocenters. The molecule has 4 rings (SSSR count). The number of rotatable bonds is 3. The fourth-order valence-electron chi connectivity index (χ4n) is 6.75. The van der Waals surface area contributed by atoms with Crippen molar-refractivity contribution in [1.82, 2.24) is 0 Å². The van der Waals surface area contributed by atoms with Gasteiger partial charge in [-0.2, -0.15) is 0 Å². The molecule has 2 N–H and O–H groups in total. The highest BCUT2D eigenvalue weighted by Gasteiger charge is 2.58. The first-order chi connectivity index (χ1) is 12.3. The second-order valence-electron chi connectivity index (χ2n) is 9.36. The van der Waals surface area contributed by atoms with Crippen molar-refractivity contribution in [3.05, 3.63) is 11.6 Å². The van der Waals surface area contributed by atoms with Crippen LogP contribution in [0.25, 0.3) is 0 Å². The lowest BCUT2D eigenvalue weighted by atomic mass is 9.48. The molecule has 4 aliphatic carbocycles. The van der Waals surface area contributed by atoms with Gasteiger partial charge in [0.1, 0.15) is 0 Å². The van der Waals surface area contributed by atoms with Gasteiger partial charge in [0.2, 0.25) is 6.61 Å². The molecule has 0 aromatic heterocycles. The van der Waals surface area contributed by atoms with Crippen LogP contribution in [-0.2, 0) is 9.63 Å². The van der Waals surface area contributed by atoms with Gasteiger partial charge in [-0.1, -0.05) is 30.7 Å². The van der Waals surface area contributed by atoms with Gasteiger partial charge in [0.25, 0.3) is 0 Å². The predicted octanol–water partition coefficient (Wildman–Crippen LogP) is 3.77. The van der Waals surface area contributed by atoms with Gasteiger partial charge in [0.15, 0.2) is 0 Å². The Hall–Kier alpha value is -1.36. The van der Waals surface area contributed by atoms with Crippen LogP contribution in [0.4, 0.5) is 0 Å². The van der Waals surface area contributed by atoms with Gasteiger partial charge in [0.05, 0.1) is 11.8 Å². The number of carbonyl (C=O) groups is 1. The number of carboxylic acids is 1. The van der Waals surface area contributed by atoms with E-state index in [-0.39, 0.29) is 23.5 Å². The van der Waals surface area contributed by atoms with Crippen molar-refractivity contribution < 1.29 is 19.8 Å². The van der Waals surface area contributed by atoms with Crippen molar-refractivity contribution >= 4 is 11.7 Å². The summed E-state index contributed by atoms with van der Waals surface area (Å²) in [7, 11) is 0. The highest BCUT2D eigenvalue weighted by molar-refractivity contribution is 5.92. The van der Waals surface area contributed by atoms with Crippen molar-refractivity contribution in [3.63, 3.8) is 0 Å². The summed E-state index contributed by atoms with van der Waals surface area (Å²) in [6, 6.07) is 0. The zero-order chi connectivity index (χ0) is 18.5. The Balaban J connectivity index is 1.57. The highest BCUT2D eigenvalue weighted by Crippen LogP contribution is 2.64. The van der Waals surface area contributed by atoms with Gasteiger partial charge in [-0.25, -0.2) is 4.79 Å². The molecule has 0 heterocycles. The Bertz CT molecular complexity index is 656. The summed E-state index contributed by atoms with van der Waals surface area (Å²) < 4.78 is 0. The molecule has 26 heavy (non-hydrogen) atoms. The molecule has 0 aromatic rings. The minimum atomic E-state index is -0.977. The third-order valence-electron chi connectivity index (χ3n) is 8.18. The third kappa shape index (κ3) is 2.70. The van der Waals surface area contributed by atoms with Gasteiger partial charge >= 0.3 is 5.97 Å². The van der Waals surface area contributed by atoms with Crippen molar-refractivity contribution in [2.75, 3.05) is 6.61 Å². The lowest BCUT2D eigenvalue weighted by Gasteiger charge is -2.57. The molecule has 0 saturated heterocycles. The molecule has 5 heteroatoms. The molecule has 0 aromatic carbocycles. The molecular formula is C21H31NO4. The summed E-state index contributed by atoms with van der Waals surface area (Å²) in [5, 5.41) is 23.1. The van der Waals surface area contributed by atoms with Crippen LogP contribution in [-0.4, -0.2) is 34.6 Å². The number of hydrogen-bond donors (Lipinski definition) is 2. The molecule has 144 valence electrons. The van der Waals surface area contributed by atoms with E-state index >= 15 is 0 Å². The average molecular weight is 361 g/mol. The quantitative estimate of drug-likeness (QED) is 0.592.